The van der Waals surface area contributed by atoms with Crippen molar-refractivity contribution in [1.82, 2.24) is 4.31 Å². The topological polar surface area (TPSA) is 86.8 Å². The minimum atomic E-state index is -3.61. The van der Waals surface area contributed by atoms with Crippen molar-refractivity contribution in [3.05, 3.63) is 48.0 Å². The Balaban J connectivity index is 1.56. The molecule has 0 aliphatic carbocycles. The van der Waals surface area contributed by atoms with Crippen molar-refractivity contribution in [3.8, 4) is 0 Å². The third-order valence-corrected chi connectivity index (χ3v) is 8.47. The number of nitrogens with zero attached hydrogens (tertiary/aromatic N) is 2. The van der Waals surface area contributed by atoms with E-state index in [1.54, 1.807) is 12.1 Å². The molecule has 2 aliphatic heterocycles. The lowest BCUT2D eigenvalue weighted by Crippen LogP contribution is -2.41. The van der Waals surface area contributed by atoms with Gasteiger partial charge in [-0.05, 0) is 55.2 Å². The average Bonchev–Trinajstić information content (AvgIpc) is 3.32. The Labute approximate surface area is 186 Å². The first-order valence-electron chi connectivity index (χ1n) is 10.3. The van der Waals surface area contributed by atoms with Gasteiger partial charge in [-0.25, -0.2) is 8.42 Å². The van der Waals surface area contributed by atoms with Crippen LogP contribution in [0.4, 0.5) is 11.4 Å². The minimum Gasteiger partial charge on any atom is -0.325 e. The van der Waals surface area contributed by atoms with Crippen LogP contribution in [0.15, 0.2) is 52.3 Å². The number of aryl methyl sites for hydroxylation is 1. The SMILES string of the molecule is CCc1ccc(NC(=O)CN2C(=O)CSc3ccc(S(=O)(=O)N4CCCC4)cc32)cc1. The maximum Gasteiger partial charge on any atom is 0.244 e. The van der Waals surface area contributed by atoms with Crippen LogP contribution in [0, 0.1) is 0 Å². The van der Waals surface area contributed by atoms with Crippen LogP contribution in [-0.4, -0.2) is 49.9 Å². The Morgan fingerprint density at radius 1 is 1.10 bits per heavy atom. The summed E-state index contributed by atoms with van der Waals surface area (Å²) < 4.78 is 27.4. The van der Waals surface area contributed by atoms with Gasteiger partial charge in [0.2, 0.25) is 21.8 Å². The Kier molecular flexibility index (Phi) is 6.36. The molecule has 2 aromatic carbocycles. The number of anilines is 2. The fourth-order valence-corrected chi connectivity index (χ4v) is 6.21. The zero-order chi connectivity index (χ0) is 22.0. The molecule has 0 aromatic heterocycles. The third-order valence-electron chi connectivity index (χ3n) is 5.52. The van der Waals surface area contributed by atoms with E-state index in [0.717, 1.165) is 24.2 Å². The van der Waals surface area contributed by atoms with E-state index in [1.807, 2.05) is 24.3 Å². The highest BCUT2D eigenvalue weighted by Gasteiger charge is 2.31. The number of thioether (sulfide) groups is 1. The van der Waals surface area contributed by atoms with Crippen molar-refractivity contribution < 1.29 is 18.0 Å². The minimum absolute atomic E-state index is 0.156. The summed E-state index contributed by atoms with van der Waals surface area (Å²) in [6.07, 6.45) is 2.61. The number of rotatable bonds is 6. The fourth-order valence-electron chi connectivity index (χ4n) is 3.76. The highest BCUT2D eigenvalue weighted by molar-refractivity contribution is 8.00. The third kappa shape index (κ3) is 4.63. The van der Waals surface area contributed by atoms with Crippen LogP contribution in [0.5, 0.6) is 0 Å². The molecule has 0 spiro atoms. The number of carbonyl (C=O) groups excluding carboxylic acids is 2. The molecule has 0 radical (unpaired) electrons. The van der Waals surface area contributed by atoms with Crippen molar-refractivity contribution in [2.45, 2.75) is 36.0 Å². The number of amides is 2. The number of sulfonamides is 1. The molecule has 1 fully saturated rings. The molecule has 0 saturated carbocycles. The monoisotopic (exact) mass is 459 g/mol. The van der Waals surface area contributed by atoms with Gasteiger partial charge in [0.1, 0.15) is 6.54 Å². The zero-order valence-electron chi connectivity index (χ0n) is 17.3. The summed E-state index contributed by atoms with van der Waals surface area (Å²) in [6.45, 7) is 2.91. The van der Waals surface area contributed by atoms with Crippen molar-refractivity contribution in [2.75, 3.05) is 35.6 Å². The van der Waals surface area contributed by atoms with Gasteiger partial charge in [0.25, 0.3) is 0 Å². The quantitative estimate of drug-likeness (QED) is 0.717. The number of benzene rings is 2. The van der Waals surface area contributed by atoms with E-state index in [0.29, 0.717) is 24.5 Å². The lowest BCUT2D eigenvalue weighted by Gasteiger charge is -2.29. The predicted octanol–water partition coefficient (Wildman–Crippen LogP) is 3.11. The lowest BCUT2D eigenvalue weighted by molar-refractivity contribution is -0.120. The molecule has 164 valence electrons. The van der Waals surface area contributed by atoms with Gasteiger partial charge in [-0.15, -0.1) is 11.8 Å². The highest BCUT2D eigenvalue weighted by Crippen LogP contribution is 2.37. The van der Waals surface area contributed by atoms with Crippen molar-refractivity contribution in [1.29, 1.82) is 0 Å². The summed E-state index contributed by atoms with van der Waals surface area (Å²) in [5.41, 5.74) is 2.30. The maximum absolute atomic E-state index is 13.0. The van der Waals surface area contributed by atoms with Gasteiger partial charge in [0.15, 0.2) is 0 Å². The average molecular weight is 460 g/mol. The Bertz CT molecular complexity index is 1090. The summed E-state index contributed by atoms with van der Waals surface area (Å²) in [7, 11) is -3.61. The first-order valence-corrected chi connectivity index (χ1v) is 12.8. The summed E-state index contributed by atoms with van der Waals surface area (Å²) in [4.78, 5) is 27.6. The molecule has 0 atom stereocenters. The first kappa shape index (κ1) is 21.9. The molecule has 9 heteroatoms. The summed E-state index contributed by atoms with van der Waals surface area (Å²) in [5, 5.41) is 2.82. The van der Waals surface area contributed by atoms with Crippen LogP contribution in [0.1, 0.15) is 25.3 Å². The number of nitrogens with one attached hydrogen (secondary N) is 1. The molecule has 4 rings (SSSR count). The second kappa shape index (κ2) is 9.02. The van der Waals surface area contributed by atoms with E-state index in [1.165, 1.54) is 32.6 Å². The second-order valence-electron chi connectivity index (χ2n) is 7.61. The van der Waals surface area contributed by atoms with Crippen molar-refractivity contribution in [3.63, 3.8) is 0 Å². The van der Waals surface area contributed by atoms with Crippen LogP contribution in [0.3, 0.4) is 0 Å². The largest absolute Gasteiger partial charge is 0.325 e. The molecule has 7 nitrogen and oxygen atoms in total. The fraction of sp³-hybridized carbons (Fsp3) is 0.364. The van der Waals surface area contributed by atoms with Gasteiger partial charge in [-0.3, -0.25) is 9.59 Å². The van der Waals surface area contributed by atoms with Crippen LogP contribution in [0.2, 0.25) is 0 Å². The molecule has 1 saturated heterocycles. The van der Waals surface area contributed by atoms with Crippen LogP contribution < -0.4 is 10.2 Å². The van der Waals surface area contributed by atoms with E-state index < -0.39 is 10.0 Å². The molecule has 2 amide bonds. The molecule has 1 N–H and O–H groups in total. The first-order chi connectivity index (χ1) is 14.9. The van der Waals surface area contributed by atoms with Crippen molar-refractivity contribution >= 4 is 45.0 Å². The number of carbonyl (C=O) groups is 2. The van der Waals surface area contributed by atoms with E-state index in [9.17, 15) is 18.0 Å². The van der Waals surface area contributed by atoms with Gasteiger partial charge in [0, 0.05) is 23.7 Å². The number of hydrogen-bond acceptors (Lipinski definition) is 5. The maximum atomic E-state index is 13.0. The highest BCUT2D eigenvalue weighted by atomic mass is 32.2. The molecule has 2 aliphatic rings. The standard InChI is InChI=1S/C22H25N3O4S2/c1-2-16-5-7-17(8-6-16)23-21(26)14-25-19-13-18(9-10-20(19)30-15-22(25)27)31(28,29)24-11-3-4-12-24/h5-10,13H,2-4,11-12,14-15H2,1H3,(H,23,26). The predicted molar refractivity (Wildman–Crippen MR) is 122 cm³/mol. The molecular weight excluding hydrogens is 434 g/mol. The van der Waals surface area contributed by atoms with Gasteiger partial charge in [-0.1, -0.05) is 19.1 Å². The second-order valence-corrected chi connectivity index (χ2v) is 10.6. The normalized spacial score (nSPS) is 16.9. The Hall–Kier alpha value is -2.36. The Morgan fingerprint density at radius 2 is 1.81 bits per heavy atom. The molecule has 31 heavy (non-hydrogen) atoms. The number of fused-ring (bicyclic) bond motifs is 1. The van der Waals surface area contributed by atoms with Gasteiger partial charge >= 0.3 is 0 Å². The van der Waals surface area contributed by atoms with Crippen LogP contribution in [0.25, 0.3) is 0 Å². The van der Waals surface area contributed by atoms with Gasteiger partial charge in [0.05, 0.1) is 16.3 Å². The van der Waals surface area contributed by atoms with E-state index in [4.69, 9.17) is 0 Å². The molecule has 2 heterocycles. The molecule has 0 bridgehead atoms. The summed E-state index contributed by atoms with van der Waals surface area (Å²) >= 11 is 1.36. The lowest BCUT2D eigenvalue weighted by atomic mass is 10.1. The van der Waals surface area contributed by atoms with E-state index >= 15 is 0 Å². The molecule has 2 aromatic rings. The number of hydrogen-bond donors (Lipinski definition) is 1. The molecular formula is C22H25N3O4S2. The van der Waals surface area contributed by atoms with E-state index in [-0.39, 0.29) is 29.0 Å². The smallest absolute Gasteiger partial charge is 0.244 e. The van der Waals surface area contributed by atoms with Crippen LogP contribution >= 0.6 is 11.8 Å². The van der Waals surface area contributed by atoms with E-state index in [2.05, 4.69) is 12.2 Å². The van der Waals surface area contributed by atoms with Gasteiger partial charge < -0.3 is 10.2 Å². The molecule has 0 unspecified atom stereocenters. The summed E-state index contributed by atoms with van der Waals surface area (Å²) in [6, 6.07) is 12.4. The van der Waals surface area contributed by atoms with Gasteiger partial charge in [-0.2, -0.15) is 4.31 Å². The zero-order valence-corrected chi connectivity index (χ0v) is 19.0. The Morgan fingerprint density at radius 3 is 2.48 bits per heavy atom. The van der Waals surface area contributed by atoms with Crippen LogP contribution in [-0.2, 0) is 26.0 Å². The summed E-state index contributed by atoms with van der Waals surface area (Å²) in [5.74, 6) is -0.336. The van der Waals surface area contributed by atoms with Crippen molar-refractivity contribution in [2.24, 2.45) is 0 Å².